The van der Waals surface area contributed by atoms with Crippen LogP contribution in [0.5, 0.6) is 0 Å². The van der Waals surface area contributed by atoms with Crippen molar-refractivity contribution in [2.75, 3.05) is 57.9 Å². The van der Waals surface area contributed by atoms with Gasteiger partial charge in [-0.05, 0) is 75.5 Å². The van der Waals surface area contributed by atoms with E-state index in [1.807, 2.05) is 46.2 Å². The Bertz CT molecular complexity index is 1090. The Kier molecular flexibility index (Phi) is 10.5. The lowest BCUT2D eigenvalue weighted by molar-refractivity contribution is -0.138. The number of carbonyl (C=O) groups excluding carboxylic acids is 2. The molecule has 4 rings (SSSR count). The zero-order chi connectivity index (χ0) is 27.8. The van der Waals surface area contributed by atoms with Crippen molar-refractivity contribution < 1.29 is 18.7 Å². The van der Waals surface area contributed by atoms with Crippen LogP contribution in [0.15, 0.2) is 48.5 Å². The molecule has 2 heterocycles. The van der Waals surface area contributed by atoms with Crippen molar-refractivity contribution in [3.05, 3.63) is 65.5 Å². The van der Waals surface area contributed by atoms with Gasteiger partial charge in [0.05, 0.1) is 0 Å². The first-order valence-electron chi connectivity index (χ1n) is 14.2. The van der Waals surface area contributed by atoms with Gasteiger partial charge in [0.1, 0.15) is 12.4 Å². The van der Waals surface area contributed by atoms with Crippen LogP contribution in [0.3, 0.4) is 0 Å². The topological polar surface area (TPSA) is 56.3 Å². The number of rotatable bonds is 6. The Hall–Kier alpha value is -2.81. The Morgan fingerprint density at radius 1 is 0.949 bits per heavy atom. The zero-order valence-electron chi connectivity index (χ0n) is 23.7. The molecule has 0 aliphatic carbocycles. The number of ether oxygens (including phenoxy) is 1. The smallest absolute Gasteiger partial charge is 0.252 e. The van der Waals surface area contributed by atoms with E-state index in [2.05, 4.69) is 23.6 Å². The summed E-state index contributed by atoms with van der Waals surface area (Å²) in [4.78, 5) is 35.6. The average Bonchev–Trinajstić information content (AvgIpc) is 2.97. The quantitative estimate of drug-likeness (QED) is 0.553. The van der Waals surface area contributed by atoms with Gasteiger partial charge in [-0.2, -0.15) is 0 Å². The number of hydrogen-bond acceptors (Lipinski definition) is 5. The third kappa shape index (κ3) is 7.87. The fourth-order valence-corrected chi connectivity index (χ4v) is 5.72. The molecule has 0 bridgehead atoms. The van der Waals surface area contributed by atoms with Gasteiger partial charge in [-0.25, -0.2) is 4.39 Å². The van der Waals surface area contributed by atoms with Crippen LogP contribution in [0.4, 0.5) is 10.1 Å². The summed E-state index contributed by atoms with van der Waals surface area (Å²) in [6, 6.07) is 15.0. The number of benzene rings is 2. The molecule has 0 aromatic heterocycles. The summed E-state index contributed by atoms with van der Waals surface area (Å²) in [5.74, 6) is -0.108. The number of halogens is 1. The highest BCUT2D eigenvalue weighted by Gasteiger charge is 2.30. The third-order valence-corrected chi connectivity index (χ3v) is 7.99. The van der Waals surface area contributed by atoms with Crippen LogP contribution >= 0.6 is 0 Å². The molecule has 2 amide bonds. The van der Waals surface area contributed by atoms with Gasteiger partial charge in [-0.1, -0.05) is 30.3 Å². The number of fused-ring (bicyclic) bond motifs is 1. The number of anilines is 1. The van der Waals surface area contributed by atoms with Crippen LogP contribution in [-0.2, 0) is 27.4 Å². The number of para-hydroxylation sites is 1. The molecule has 0 spiro atoms. The third-order valence-electron chi connectivity index (χ3n) is 7.99. The van der Waals surface area contributed by atoms with Gasteiger partial charge in [0.2, 0.25) is 5.91 Å². The van der Waals surface area contributed by atoms with Crippen molar-refractivity contribution in [3.8, 4) is 0 Å². The molecule has 39 heavy (non-hydrogen) atoms. The summed E-state index contributed by atoms with van der Waals surface area (Å²) >= 11 is 0. The normalized spacial score (nSPS) is 18.6. The predicted octanol–water partition coefficient (Wildman–Crippen LogP) is 4.16. The molecule has 0 radical (unpaired) electrons. The highest BCUT2D eigenvalue weighted by Crippen LogP contribution is 2.27. The molecule has 2 aliphatic rings. The van der Waals surface area contributed by atoms with Crippen molar-refractivity contribution in [2.24, 2.45) is 5.92 Å². The second-order valence-corrected chi connectivity index (χ2v) is 11.0. The molecule has 212 valence electrons. The van der Waals surface area contributed by atoms with E-state index in [4.69, 9.17) is 4.74 Å². The fraction of sp³-hybridized carbons (Fsp3) is 0.548. The maximum Gasteiger partial charge on any atom is 0.252 e. The Morgan fingerprint density at radius 3 is 2.36 bits per heavy atom. The molecule has 2 aliphatic heterocycles. The molecule has 7 nitrogen and oxygen atoms in total. The summed E-state index contributed by atoms with van der Waals surface area (Å²) < 4.78 is 18.5. The molecule has 0 atom stereocenters. The van der Waals surface area contributed by atoms with Gasteiger partial charge >= 0.3 is 0 Å². The summed E-state index contributed by atoms with van der Waals surface area (Å²) in [6.45, 7) is 10.3. The van der Waals surface area contributed by atoms with Crippen LogP contribution in [0.2, 0.25) is 0 Å². The van der Waals surface area contributed by atoms with Gasteiger partial charge in [-0.3, -0.25) is 19.4 Å². The second-order valence-electron chi connectivity index (χ2n) is 11.0. The van der Waals surface area contributed by atoms with Crippen LogP contribution in [-0.4, -0.2) is 85.5 Å². The molecule has 0 unspecified atom stereocenters. The highest BCUT2D eigenvalue weighted by molar-refractivity contribution is 5.95. The van der Waals surface area contributed by atoms with Gasteiger partial charge in [0.15, 0.2) is 0 Å². The number of piperidine rings is 1. The molecular formula is C31H43FN4O3. The van der Waals surface area contributed by atoms with Crippen molar-refractivity contribution in [3.63, 3.8) is 0 Å². The Labute approximate surface area is 232 Å². The molecule has 2 aromatic rings. The average molecular weight is 539 g/mol. The zero-order valence-corrected chi connectivity index (χ0v) is 23.7. The van der Waals surface area contributed by atoms with Gasteiger partial charge in [0.25, 0.3) is 5.91 Å². The molecule has 0 saturated carbocycles. The van der Waals surface area contributed by atoms with Crippen molar-refractivity contribution in [2.45, 2.75) is 52.2 Å². The minimum absolute atomic E-state index is 0.0227. The summed E-state index contributed by atoms with van der Waals surface area (Å²) in [6.07, 6.45) is 2.47. The van der Waals surface area contributed by atoms with E-state index in [0.717, 1.165) is 68.8 Å². The number of methoxy groups -OCH3 is 1. The van der Waals surface area contributed by atoms with E-state index in [0.29, 0.717) is 25.7 Å². The van der Waals surface area contributed by atoms with Crippen LogP contribution in [0, 0.1) is 11.7 Å². The van der Waals surface area contributed by atoms with Gasteiger partial charge in [0, 0.05) is 64.0 Å². The maximum atomic E-state index is 14.0. The molecule has 2 aromatic carbocycles. The summed E-state index contributed by atoms with van der Waals surface area (Å²) in [5.41, 5.74) is 2.94. The van der Waals surface area contributed by atoms with E-state index in [1.165, 1.54) is 12.1 Å². The Morgan fingerprint density at radius 2 is 1.67 bits per heavy atom. The van der Waals surface area contributed by atoms with Crippen LogP contribution in [0.1, 0.15) is 44.2 Å². The molecule has 1 fully saturated rings. The largest absolute Gasteiger partial charge is 0.375 e. The second kappa shape index (κ2) is 14.0. The lowest BCUT2D eigenvalue weighted by Crippen LogP contribution is -2.45. The molecule has 0 N–H and O–H groups in total. The summed E-state index contributed by atoms with van der Waals surface area (Å²) in [7, 11) is 1.54. The van der Waals surface area contributed by atoms with Crippen molar-refractivity contribution in [1.29, 1.82) is 0 Å². The fourth-order valence-electron chi connectivity index (χ4n) is 5.72. The molecule has 1 saturated heterocycles. The van der Waals surface area contributed by atoms with E-state index in [1.54, 1.807) is 7.11 Å². The summed E-state index contributed by atoms with van der Waals surface area (Å²) in [5, 5.41) is 0. The standard InChI is InChI=1S/C31H43FN4O3/c1-24(2)34-15-6-16-36(30(37)23-39-3)29-8-5-4-7-27(29)22-35(20-19-34)31(38)26-13-17-33(18-14-26)21-25-9-11-28(32)12-10-25/h4-5,7-12,24,26H,6,13-23H2,1-3H3. The first kappa shape index (κ1) is 29.2. The first-order chi connectivity index (χ1) is 18.9. The minimum atomic E-state index is -0.220. The number of carbonyl (C=O) groups is 2. The highest BCUT2D eigenvalue weighted by atomic mass is 19.1. The molecular weight excluding hydrogens is 495 g/mol. The monoisotopic (exact) mass is 538 g/mol. The first-order valence-corrected chi connectivity index (χ1v) is 14.2. The van der Waals surface area contributed by atoms with E-state index >= 15 is 0 Å². The minimum Gasteiger partial charge on any atom is -0.375 e. The van der Waals surface area contributed by atoms with Gasteiger partial charge < -0.3 is 14.5 Å². The SMILES string of the molecule is COCC(=O)N1CCCN(C(C)C)CCN(C(=O)C2CCN(Cc3ccc(F)cc3)CC2)Cc2ccccc21. The maximum absolute atomic E-state index is 14.0. The van der Waals surface area contributed by atoms with Crippen molar-refractivity contribution >= 4 is 17.5 Å². The Balaban J connectivity index is 1.50. The number of likely N-dealkylation sites (tertiary alicyclic amines) is 1. The van der Waals surface area contributed by atoms with Crippen molar-refractivity contribution in [1.82, 2.24) is 14.7 Å². The van der Waals surface area contributed by atoms with Gasteiger partial charge in [-0.15, -0.1) is 0 Å². The lowest BCUT2D eigenvalue weighted by Gasteiger charge is -2.35. The van der Waals surface area contributed by atoms with E-state index in [-0.39, 0.29) is 30.2 Å². The number of amides is 2. The number of hydrogen-bond donors (Lipinski definition) is 0. The van der Waals surface area contributed by atoms with Crippen LogP contribution < -0.4 is 4.90 Å². The predicted molar refractivity (Wildman–Crippen MR) is 152 cm³/mol. The lowest BCUT2D eigenvalue weighted by atomic mass is 9.94. The van der Waals surface area contributed by atoms with Crippen LogP contribution in [0.25, 0.3) is 0 Å². The number of nitrogens with zero attached hydrogens (tertiary/aromatic N) is 4. The molecule has 8 heteroatoms. The van der Waals surface area contributed by atoms with E-state index < -0.39 is 0 Å². The van der Waals surface area contributed by atoms with E-state index in [9.17, 15) is 14.0 Å².